The standard InChI is InChI=1S/C20H15F3N4O6S/c1-9-15-17(25-13-3-2-6-26(13)18(15)29)34-16(9)19(30)33-8-14(28)24-11-5-4-10(20(21,22)23)7-12(11)27(31)32/h4-5,7H,2-3,6,8H2,1H3,(H,24,28). The molecule has 0 spiro atoms. The number of fused-ring (bicyclic) bond motifs is 2. The van der Waals surface area contributed by atoms with Crippen molar-refractivity contribution in [3.63, 3.8) is 0 Å². The van der Waals surface area contributed by atoms with E-state index >= 15 is 0 Å². The van der Waals surface area contributed by atoms with Gasteiger partial charge in [-0.2, -0.15) is 13.2 Å². The minimum Gasteiger partial charge on any atom is -0.451 e. The number of hydrogen-bond donors (Lipinski definition) is 1. The molecule has 178 valence electrons. The summed E-state index contributed by atoms with van der Waals surface area (Å²) in [4.78, 5) is 52.3. The second-order valence-corrected chi connectivity index (χ2v) is 8.43. The maximum Gasteiger partial charge on any atom is 0.416 e. The van der Waals surface area contributed by atoms with Gasteiger partial charge < -0.3 is 10.1 Å². The number of thiophene rings is 1. The fourth-order valence-corrected chi connectivity index (χ4v) is 4.70. The fraction of sp³-hybridized carbons (Fsp3) is 0.300. The topological polar surface area (TPSA) is 133 Å². The van der Waals surface area contributed by atoms with Crippen molar-refractivity contribution in [2.75, 3.05) is 11.9 Å². The van der Waals surface area contributed by atoms with E-state index in [1.54, 1.807) is 11.5 Å². The van der Waals surface area contributed by atoms with E-state index in [1.165, 1.54) is 0 Å². The van der Waals surface area contributed by atoms with Crippen molar-refractivity contribution >= 4 is 44.8 Å². The highest BCUT2D eigenvalue weighted by molar-refractivity contribution is 7.20. The van der Waals surface area contributed by atoms with Crippen molar-refractivity contribution in [3.8, 4) is 0 Å². The number of aryl methyl sites for hydroxylation is 2. The van der Waals surface area contributed by atoms with Gasteiger partial charge in [0.05, 0.1) is 15.9 Å². The third kappa shape index (κ3) is 4.23. The predicted molar refractivity (Wildman–Crippen MR) is 114 cm³/mol. The number of nitro benzene ring substituents is 1. The number of benzene rings is 1. The number of ether oxygens (including phenoxy) is 1. The van der Waals surface area contributed by atoms with Crippen LogP contribution in [0.2, 0.25) is 0 Å². The zero-order valence-electron chi connectivity index (χ0n) is 17.4. The molecule has 1 aromatic carbocycles. The van der Waals surface area contributed by atoms with Crippen LogP contribution in [0.15, 0.2) is 23.0 Å². The molecule has 3 aromatic rings. The Hall–Kier alpha value is -3.81. The van der Waals surface area contributed by atoms with Gasteiger partial charge in [-0.15, -0.1) is 11.3 Å². The Balaban J connectivity index is 1.49. The number of carbonyl (C=O) groups excluding carboxylic acids is 2. The van der Waals surface area contributed by atoms with Crippen molar-refractivity contribution in [2.45, 2.75) is 32.5 Å². The molecule has 0 saturated carbocycles. The Labute approximate surface area is 192 Å². The maximum absolute atomic E-state index is 12.8. The summed E-state index contributed by atoms with van der Waals surface area (Å²) in [5, 5.41) is 13.5. The lowest BCUT2D eigenvalue weighted by molar-refractivity contribution is -0.384. The lowest BCUT2D eigenvalue weighted by Gasteiger charge is -2.10. The van der Waals surface area contributed by atoms with Crippen LogP contribution in [0.3, 0.4) is 0 Å². The molecular formula is C20H15F3N4O6S. The van der Waals surface area contributed by atoms with E-state index in [1.807, 2.05) is 0 Å². The molecule has 0 saturated heterocycles. The van der Waals surface area contributed by atoms with Gasteiger partial charge in [0.25, 0.3) is 17.2 Å². The predicted octanol–water partition coefficient (Wildman–Crippen LogP) is 3.44. The molecule has 1 N–H and O–H groups in total. The molecule has 0 bridgehead atoms. The number of nitrogens with zero attached hydrogens (tertiary/aromatic N) is 3. The van der Waals surface area contributed by atoms with E-state index in [-0.39, 0.29) is 10.4 Å². The monoisotopic (exact) mass is 496 g/mol. The number of anilines is 1. The molecule has 1 amide bonds. The minimum absolute atomic E-state index is 0.0807. The average Bonchev–Trinajstić information content (AvgIpc) is 3.36. The molecule has 2 aromatic heterocycles. The third-order valence-electron chi connectivity index (χ3n) is 5.23. The first-order valence-corrected chi connectivity index (χ1v) is 10.6. The van der Waals surface area contributed by atoms with E-state index in [2.05, 4.69) is 10.3 Å². The lowest BCUT2D eigenvalue weighted by Crippen LogP contribution is -2.22. The molecule has 0 unspecified atom stereocenters. The van der Waals surface area contributed by atoms with Crippen LogP contribution < -0.4 is 10.9 Å². The SMILES string of the molecule is Cc1c(C(=O)OCC(=O)Nc2ccc(C(F)(F)F)cc2[N+](=O)[O-])sc2nc3n(c(=O)c12)CCC3. The highest BCUT2D eigenvalue weighted by Crippen LogP contribution is 2.35. The molecule has 1 aliphatic rings. The molecule has 0 atom stereocenters. The Bertz CT molecular complexity index is 1410. The van der Waals surface area contributed by atoms with Gasteiger partial charge in [0.1, 0.15) is 21.2 Å². The molecule has 1 aliphatic heterocycles. The quantitative estimate of drug-likeness (QED) is 0.325. The van der Waals surface area contributed by atoms with Gasteiger partial charge in [0.2, 0.25) is 0 Å². The van der Waals surface area contributed by atoms with Crippen LogP contribution in [-0.2, 0) is 28.7 Å². The van der Waals surface area contributed by atoms with E-state index in [4.69, 9.17) is 4.74 Å². The summed E-state index contributed by atoms with van der Waals surface area (Å²) in [7, 11) is 0. The number of halogens is 3. The van der Waals surface area contributed by atoms with Crippen LogP contribution in [0, 0.1) is 17.0 Å². The zero-order valence-corrected chi connectivity index (χ0v) is 18.2. The Kier molecular flexibility index (Phi) is 5.85. The molecule has 0 fully saturated rings. The van der Waals surface area contributed by atoms with E-state index in [9.17, 15) is 37.7 Å². The summed E-state index contributed by atoms with van der Waals surface area (Å²) < 4.78 is 44.9. The number of alkyl halides is 3. The van der Waals surface area contributed by atoms with Crippen molar-refractivity contribution in [2.24, 2.45) is 0 Å². The van der Waals surface area contributed by atoms with Crippen molar-refractivity contribution in [1.29, 1.82) is 0 Å². The summed E-state index contributed by atoms with van der Waals surface area (Å²) in [5.74, 6) is -1.26. The van der Waals surface area contributed by atoms with Crippen LogP contribution in [0.5, 0.6) is 0 Å². The molecule has 14 heteroatoms. The molecule has 3 heterocycles. The number of rotatable bonds is 5. The minimum atomic E-state index is -4.80. The summed E-state index contributed by atoms with van der Waals surface area (Å²) in [6.07, 6.45) is -3.35. The van der Waals surface area contributed by atoms with Crippen LogP contribution >= 0.6 is 11.3 Å². The van der Waals surface area contributed by atoms with Crippen molar-refractivity contribution in [1.82, 2.24) is 9.55 Å². The Morgan fingerprint density at radius 1 is 1.35 bits per heavy atom. The molecule has 4 rings (SSSR count). The van der Waals surface area contributed by atoms with Gasteiger partial charge in [0, 0.05) is 19.0 Å². The van der Waals surface area contributed by atoms with Gasteiger partial charge in [-0.3, -0.25) is 24.3 Å². The second kappa shape index (κ2) is 8.52. The Morgan fingerprint density at radius 3 is 2.76 bits per heavy atom. The number of amides is 1. The summed E-state index contributed by atoms with van der Waals surface area (Å²) in [5.41, 5.74) is -2.58. The molecule has 0 radical (unpaired) electrons. The zero-order chi connectivity index (χ0) is 24.8. The summed E-state index contributed by atoms with van der Waals surface area (Å²) >= 11 is 0.952. The average molecular weight is 496 g/mol. The lowest BCUT2D eigenvalue weighted by atomic mass is 10.1. The number of aromatic nitrogens is 2. The maximum atomic E-state index is 12.8. The second-order valence-electron chi connectivity index (χ2n) is 7.44. The normalized spacial score (nSPS) is 13.1. The van der Waals surface area contributed by atoms with Gasteiger partial charge in [-0.25, -0.2) is 9.78 Å². The van der Waals surface area contributed by atoms with E-state index in [0.29, 0.717) is 46.7 Å². The smallest absolute Gasteiger partial charge is 0.416 e. The number of nitrogens with one attached hydrogen (secondary N) is 1. The molecule has 10 nitrogen and oxygen atoms in total. The number of esters is 1. The number of nitro groups is 1. The van der Waals surface area contributed by atoms with Crippen LogP contribution in [0.25, 0.3) is 10.2 Å². The fourth-order valence-electron chi connectivity index (χ4n) is 3.62. The Morgan fingerprint density at radius 2 is 2.09 bits per heavy atom. The largest absolute Gasteiger partial charge is 0.451 e. The highest BCUT2D eigenvalue weighted by atomic mass is 32.1. The number of carbonyl (C=O) groups is 2. The van der Waals surface area contributed by atoms with Crippen LogP contribution in [0.4, 0.5) is 24.5 Å². The summed E-state index contributed by atoms with van der Waals surface area (Å²) in [6, 6.07) is 1.62. The van der Waals surface area contributed by atoms with Gasteiger partial charge in [-0.05, 0) is 31.0 Å². The van der Waals surface area contributed by atoms with Crippen molar-refractivity contribution in [3.05, 3.63) is 60.5 Å². The molecular weight excluding hydrogens is 481 g/mol. The first-order valence-electron chi connectivity index (χ1n) is 9.82. The third-order valence-corrected chi connectivity index (χ3v) is 6.39. The van der Waals surface area contributed by atoms with Gasteiger partial charge >= 0.3 is 12.1 Å². The van der Waals surface area contributed by atoms with E-state index in [0.717, 1.165) is 23.8 Å². The first-order chi connectivity index (χ1) is 16.0. The first kappa shape index (κ1) is 23.4. The van der Waals surface area contributed by atoms with Crippen molar-refractivity contribution < 1.29 is 32.4 Å². The van der Waals surface area contributed by atoms with Crippen LogP contribution in [-0.4, -0.2) is 33.0 Å². The van der Waals surface area contributed by atoms with Gasteiger partial charge in [-0.1, -0.05) is 0 Å². The molecule has 0 aliphatic carbocycles. The van der Waals surface area contributed by atoms with E-state index < -0.39 is 46.5 Å². The summed E-state index contributed by atoms with van der Waals surface area (Å²) in [6.45, 7) is 1.25. The highest BCUT2D eigenvalue weighted by Gasteiger charge is 2.33. The van der Waals surface area contributed by atoms with Gasteiger partial charge in [0.15, 0.2) is 6.61 Å². The van der Waals surface area contributed by atoms with Crippen LogP contribution in [0.1, 0.15) is 33.0 Å². The number of hydrogen-bond acceptors (Lipinski definition) is 8. The molecule has 34 heavy (non-hydrogen) atoms.